The first kappa shape index (κ1) is 16.5. The summed E-state index contributed by atoms with van der Waals surface area (Å²) in [7, 11) is 0. The van der Waals surface area contributed by atoms with Crippen LogP contribution < -0.4 is 5.32 Å². The van der Waals surface area contributed by atoms with Crippen molar-refractivity contribution >= 4 is 11.8 Å². The highest BCUT2D eigenvalue weighted by Gasteiger charge is 2.34. The topological polar surface area (TPSA) is 49.4 Å². The Bertz CT molecular complexity index is 524. The third-order valence-electron chi connectivity index (χ3n) is 4.38. The van der Waals surface area contributed by atoms with Crippen LogP contribution in [-0.2, 0) is 16.0 Å². The van der Waals surface area contributed by atoms with Gasteiger partial charge in [0.1, 0.15) is 0 Å². The number of carbonyl (C=O) groups is 2. The van der Waals surface area contributed by atoms with Crippen molar-refractivity contribution in [2.24, 2.45) is 5.92 Å². The van der Waals surface area contributed by atoms with E-state index in [2.05, 4.69) is 36.5 Å². The Hall–Kier alpha value is -1.84. The molecule has 2 atom stereocenters. The number of amides is 2. The third-order valence-corrected chi connectivity index (χ3v) is 4.38. The molecule has 0 aromatic heterocycles. The van der Waals surface area contributed by atoms with Crippen LogP contribution in [0.25, 0.3) is 0 Å². The summed E-state index contributed by atoms with van der Waals surface area (Å²) >= 11 is 0. The zero-order valence-electron chi connectivity index (χ0n) is 13.8. The third kappa shape index (κ3) is 4.33. The van der Waals surface area contributed by atoms with Gasteiger partial charge in [-0.3, -0.25) is 9.59 Å². The molecule has 1 aromatic rings. The highest BCUT2D eigenvalue weighted by molar-refractivity contribution is 5.89. The van der Waals surface area contributed by atoms with E-state index in [1.54, 1.807) is 0 Å². The summed E-state index contributed by atoms with van der Waals surface area (Å²) in [6, 6.07) is 8.54. The monoisotopic (exact) mass is 302 g/mol. The van der Waals surface area contributed by atoms with Crippen LogP contribution in [0.5, 0.6) is 0 Å². The molecule has 0 bridgehead atoms. The molecule has 1 aromatic carbocycles. The van der Waals surface area contributed by atoms with E-state index in [1.807, 2.05) is 18.7 Å². The molecule has 1 N–H and O–H groups in total. The van der Waals surface area contributed by atoms with Crippen LogP contribution in [0.4, 0.5) is 0 Å². The maximum Gasteiger partial charge on any atom is 0.225 e. The van der Waals surface area contributed by atoms with Gasteiger partial charge in [0.05, 0.1) is 5.92 Å². The van der Waals surface area contributed by atoms with Crippen molar-refractivity contribution in [3.8, 4) is 0 Å². The van der Waals surface area contributed by atoms with Crippen LogP contribution in [0.15, 0.2) is 24.3 Å². The van der Waals surface area contributed by atoms with Crippen molar-refractivity contribution in [2.45, 2.75) is 46.1 Å². The highest BCUT2D eigenvalue weighted by atomic mass is 16.2. The van der Waals surface area contributed by atoms with E-state index in [0.29, 0.717) is 19.5 Å². The predicted octanol–water partition coefficient (Wildman–Crippen LogP) is 2.30. The number of hydrogen-bond acceptors (Lipinski definition) is 2. The zero-order valence-corrected chi connectivity index (χ0v) is 13.8. The average molecular weight is 302 g/mol. The minimum absolute atomic E-state index is 0.0144. The number of nitrogens with zero attached hydrogens (tertiary/aromatic N) is 1. The summed E-state index contributed by atoms with van der Waals surface area (Å²) in [5.41, 5.74) is 2.47. The Morgan fingerprint density at radius 1 is 1.36 bits per heavy atom. The van der Waals surface area contributed by atoms with Gasteiger partial charge < -0.3 is 10.2 Å². The van der Waals surface area contributed by atoms with Crippen molar-refractivity contribution in [3.05, 3.63) is 35.4 Å². The van der Waals surface area contributed by atoms with Crippen molar-refractivity contribution in [1.82, 2.24) is 10.2 Å². The molecule has 120 valence electrons. The first-order valence-electron chi connectivity index (χ1n) is 8.13. The van der Waals surface area contributed by atoms with Crippen LogP contribution in [-0.4, -0.2) is 35.8 Å². The number of rotatable bonds is 6. The fourth-order valence-corrected chi connectivity index (χ4v) is 2.65. The van der Waals surface area contributed by atoms with Gasteiger partial charge in [0, 0.05) is 25.6 Å². The number of carbonyl (C=O) groups excluding carboxylic acids is 2. The summed E-state index contributed by atoms with van der Waals surface area (Å²) in [5, 5.41) is 2.97. The summed E-state index contributed by atoms with van der Waals surface area (Å²) in [6.07, 6.45) is 2.09. The lowest BCUT2D eigenvalue weighted by atomic mass is 10.1. The summed E-state index contributed by atoms with van der Waals surface area (Å²) in [5.74, 6) is -0.0866. The summed E-state index contributed by atoms with van der Waals surface area (Å²) < 4.78 is 0. The largest absolute Gasteiger partial charge is 0.353 e. The van der Waals surface area contributed by atoms with E-state index in [-0.39, 0.29) is 23.8 Å². The minimum atomic E-state index is -0.195. The fraction of sp³-hybridized carbons (Fsp3) is 0.556. The smallest absolute Gasteiger partial charge is 0.225 e. The molecule has 2 rings (SSSR count). The molecule has 0 unspecified atom stereocenters. The molecule has 1 heterocycles. The molecular weight excluding hydrogens is 276 g/mol. The van der Waals surface area contributed by atoms with Gasteiger partial charge in [-0.2, -0.15) is 0 Å². The number of aryl methyl sites for hydroxylation is 1. The van der Waals surface area contributed by atoms with E-state index in [0.717, 1.165) is 12.8 Å². The quantitative estimate of drug-likeness (QED) is 0.876. The van der Waals surface area contributed by atoms with Gasteiger partial charge in [-0.1, -0.05) is 36.8 Å². The Kier molecular flexibility index (Phi) is 5.58. The number of hydrogen-bond donors (Lipinski definition) is 1. The van der Waals surface area contributed by atoms with Crippen LogP contribution in [0.2, 0.25) is 0 Å². The van der Waals surface area contributed by atoms with Crippen molar-refractivity contribution in [2.75, 3.05) is 13.1 Å². The van der Waals surface area contributed by atoms with E-state index in [9.17, 15) is 9.59 Å². The van der Waals surface area contributed by atoms with Crippen LogP contribution in [0.3, 0.4) is 0 Å². The molecular formula is C18H26N2O2. The van der Waals surface area contributed by atoms with E-state index >= 15 is 0 Å². The zero-order chi connectivity index (χ0) is 16.1. The van der Waals surface area contributed by atoms with Crippen molar-refractivity contribution in [1.29, 1.82) is 0 Å². The second-order valence-corrected chi connectivity index (χ2v) is 6.29. The van der Waals surface area contributed by atoms with Crippen molar-refractivity contribution in [3.63, 3.8) is 0 Å². The van der Waals surface area contributed by atoms with Gasteiger partial charge in [0.2, 0.25) is 11.8 Å². The lowest BCUT2D eigenvalue weighted by Crippen LogP contribution is -2.38. The first-order chi connectivity index (χ1) is 10.5. The minimum Gasteiger partial charge on any atom is -0.353 e. The molecule has 2 amide bonds. The van der Waals surface area contributed by atoms with Gasteiger partial charge in [0.15, 0.2) is 0 Å². The maximum atomic E-state index is 12.1. The van der Waals surface area contributed by atoms with Crippen LogP contribution >= 0.6 is 0 Å². The van der Waals surface area contributed by atoms with Crippen LogP contribution in [0.1, 0.15) is 37.8 Å². The molecule has 0 aliphatic carbocycles. The number of nitrogens with one attached hydrogen (secondary N) is 1. The molecule has 22 heavy (non-hydrogen) atoms. The highest BCUT2D eigenvalue weighted by Crippen LogP contribution is 2.19. The van der Waals surface area contributed by atoms with Gasteiger partial charge in [-0.15, -0.1) is 0 Å². The molecule has 4 heteroatoms. The van der Waals surface area contributed by atoms with Crippen molar-refractivity contribution < 1.29 is 9.59 Å². The Labute approximate surface area is 132 Å². The SMILES string of the molecule is CC[C@@H](C)NC(=O)[C@H]1CC(=O)N(CCc2ccc(C)cc2)C1. The standard InChI is InChI=1S/C18H26N2O2/c1-4-14(3)19-18(22)16-11-17(21)20(12-16)10-9-15-7-5-13(2)6-8-15/h5-8,14,16H,4,9-12H2,1-3H3,(H,19,22)/t14-,16+/m1/s1. The van der Waals surface area contributed by atoms with E-state index in [4.69, 9.17) is 0 Å². The molecule has 1 aliphatic heterocycles. The second kappa shape index (κ2) is 7.43. The predicted molar refractivity (Wildman–Crippen MR) is 87.5 cm³/mol. The molecule has 1 fully saturated rings. The lowest BCUT2D eigenvalue weighted by Gasteiger charge is -2.18. The molecule has 0 saturated carbocycles. The van der Waals surface area contributed by atoms with E-state index in [1.165, 1.54) is 11.1 Å². The second-order valence-electron chi connectivity index (χ2n) is 6.29. The normalized spacial score (nSPS) is 19.3. The summed E-state index contributed by atoms with van der Waals surface area (Å²) in [4.78, 5) is 26.0. The Morgan fingerprint density at radius 3 is 2.68 bits per heavy atom. The average Bonchev–Trinajstić information content (AvgIpc) is 2.88. The Morgan fingerprint density at radius 2 is 2.05 bits per heavy atom. The van der Waals surface area contributed by atoms with Gasteiger partial charge >= 0.3 is 0 Å². The molecule has 0 spiro atoms. The molecule has 0 radical (unpaired) electrons. The molecule has 1 saturated heterocycles. The summed E-state index contributed by atoms with van der Waals surface area (Å²) in [6.45, 7) is 7.33. The fourth-order valence-electron chi connectivity index (χ4n) is 2.65. The van der Waals surface area contributed by atoms with Crippen LogP contribution in [0, 0.1) is 12.8 Å². The van der Waals surface area contributed by atoms with E-state index < -0.39 is 0 Å². The van der Waals surface area contributed by atoms with Gasteiger partial charge in [-0.25, -0.2) is 0 Å². The van der Waals surface area contributed by atoms with Gasteiger partial charge in [0.25, 0.3) is 0 Å². The van der Waals surface area contributed by atoms with Gasteiger partial charge in [-0.05, 0) is 32.3 Å². The number of likely N-dealkylation sites (tertiary alicyclic amines) is 1. The molecule has 1 aliphatic rings. The molecule has 4 nitrogen and oxygen atoms in total. The number of benzene rings is 1. The first-order valence-corrected chi connectivity index (χ1v) is 8.13. The Balaban J connectivity index is 1.84. The lowest BCUT2D eigenvalue weighted by molar-refractivity contribution is -0.129. The maximum absolute atomic E-state index is 12.1.